The third-order valence-electron chi connectivity index (χ3n) is 2.34. The zero-order valence-corrected chi connectivity index (χ0v) is 10.4. The van der Waals surface area contributed by atoms with Gasteiger partial charge >= 0.3 is 11.9 Å². The van der Waals surface area contributed by atoms with Gasteiger partial charge in [0.15, 0.2) is 17.6 Å². The molecule has 0 aromatic heterocycles. The molecule has 108 valence electrons. The predicted octanol–water partition coefficient (Wildman–Crippen LogP) is 1.06. The Morgan fingerprint density at radius 2 is 1.90 bits per heavy atom. The number of phenolic OH excluding ortho intramolecular Hbond substituents is 2. The molecule has 0 bridgehead atoms. The van der Waals surface area contributed by atoms with Gasteiger partial charge in [-0.3, -0.25) is 4.79 Å². The quantitative estimate of drug-likeness (QED) is 0.551. The van der Waals surface area contributed by atoms with Crippen LogP contribution in [0.1, 0.15) is 12.0 Å². The van der Waals surface area contributed by atoms with Gasteiger partial charge in [0.25, 0.3) is 0 Å². The molecule has 0 saturated heterocycles. The van der Waals surface area contributed by atoms with Crippen molar-refractivity contribution in [3.05, 3.63) is 29.8 Å². The van der Waals surface area contributed by atoms with Crippen LogP contribution in [0.2, 0.25) is 0 Å². The minimum Gasteiger partial charge on any atom is -0.504 e. The van der Waals surface area contributed by atoms with Gasteiger partial charge in [-0.15, -0.1) is 0 Å². The summed E-state index contributed by atoms with van der Waals surface area (Å²) in [5, 5.41) is 35.6. The van der Waals surface area contributed by atoms with Gasteiger partial charge in [-0.2, -0.15) is 0 Å². The Hall–Kier alpha value is -2.54. The fourth-order valence-electron chi connectivity index (χ4n) is 1.38. The van der Waals surface area contributed by atoms with Gasteiger partial charge < -0.3 is 25.2 Å². The molecule has 0 aliphatic heterocycles. The third-order valence-corrected chi connectivity index (χ3v) is 2.34. The van der Waals surface area contributed by atoms with E-state index in [-0.39, 0.29) is 18.1 Å². The standard InChI is InChI=1S/C13H14O7/c14-9-4-3-8(6-10(9)15)2-1-5-20-11(13(18)19)7-12(16)17/h1-4,6,11,14-15H,5,7H2,(H,16,17)(H,18,19)/b2-1+. The van der Waals surface area contributed by atoms with Crippen molar-refractivity contribution in [1.82, 2.24) is 0 Å². The molecule has 4 N–H and O–H groups in total. The summed E-state index contributed by atoms with van der Waals surface area (Å²) in [6.07, 6.45) is 0.983. The Labute approximate surface area is 114 Å². The van der Waals surface area contributed by atoms with Crippen LogP contribution >= 0.6 is 0 Å². The summed E-state index contributed by atoms with van der Waals surface area (Å²) in [6.45, 7) is -0.0914. The number of ether oxygens (including phenoxy) is 1. The number of carboxylic acids is 2. The average Bonchev–Trinajstić information content (AvgIpc) is 2.36. The van der Waals surface area contributed by atoms with Gasteiger partial charge in [-0.25, -0.2) is 4.79 Å². The summed E-state index contributed by atoms with van der Waals surface area (Å²) in [6, 6.07) is 4.16. The molecule has 0 spiro atoms. The van der Waals surface area contributed by atoms with E-state index in [0.29, 0.717) is 5.56 Å². The molecule has 7 nitrogen and oxygen atoms in total. The molecule has 1 rings (SSSR count). The second kappa shape index (κ2) is 7.15. The van der Waals surface area contributed by atoms with Gasteiger partial charge in [0.1, 0.15) is 0 Å². The maximum Gasteiger partial charge on any atom is 0.333 e. The van der Waals surface area contributed by atoms with Crippen LogP contribution in [0.15, 0.2) is 24.3 Å². The maximum atomic E-state index is 10.7. The summed E-state index contributed by atoms with van der Waals surface area (Å²) >= 11 is 0. The van der Waals surface area contributed by atoms with Crippen molar-refractivity contribution in [2.24, 2.45) is 0 Å². The van der Waals surface area contributed by atoms with Gasteiger partial charge in [-0.05, 0) is 17.7 Å². The van der Waals surface area contributed by atoms with Crippen molar-refractivity contribution >= 4 is 18.0 Å². The van der Waals surface area contributed by atoms with Crippen molar-refractivity contribution in [3.63, 3.8) is 0 Å². The van der Waals surface area contributed by atoms with E-state index >= 15 is 0 Å². The molecule has 1 unspecified atom stereocenters. The van der Waals surface area contributed by atoms with E-state index in [1.807, 2.05) is 0 Å². The summed E-state index contributed by atoms with van der Waals surface area (Å²) < 4.78 is 4.91. The molecule has 20 heavy (non-hydrogen) atoms. The lowest BCUT2D eigenvalue weighted by Gasteiger charge is -2.09. The molecule has 7 heteroatoms. The van der Waals surface area contributed by atoms with Crippen LogP contribution in [0.3, 0.4) is 0 Å². The molecule has 0 aliphatic carbocycles. The smallest absolute Gasteiger partial charge is 0.333 e. The first kappa shape index (κ1) is 15.5. The number of benzene rings is 1. The second-order valence-electron chi connectivity index (χ2n) is 3.91. The van der Waals surface area contributed by atoms with E-state index < -0.39 is 24.5 Å². The second-order valence-corrected chi connectivity index (χ2v) is 3.91. The Balaban J connectivity index is 2.53. The first-order chi connectivity index (χ1) is 9.40. The van der Waals surface area contributed by atoms with E-state index in [9.17, 15) is 14.7 Å². The van der Waals surface area contributed by atoms with Crippen LogP contribution in [0.4, 0.5) is 0 Å². The summed E-state index contributed by atoms with van der Waals surface area (Å²) in [5.74, 6) is -3.12. The lowest BCUT2D eigenvalue weighted by Crippen LogP contribution is -2.26. The zero-order valence-electron chi connectivity index (χ0n) is 10.4. The van der Waals surface area contributed by atoms with E-state index in [1.54, 1.807) is 6.08 Å². The minimum atomic E-state index is -1.41. The topological polar surface area (TPSA) is 124 Å². The number of aliphatic carboxylic acids is 2. The van der Waals surface area contributed by atoms with Gasteiger partial charge in [-0.1, -0.05) is 18.2 Å². The Morgan fingerprint density at radius 3 is 2.45 bits per heavy atom. The monoisotopic (exact) mass is 282 g/mol. The Morgan fingerprint density at radius 1 is 1.20 bits per heavy atom. The van der Waals surface area contributed by atoms with E-state index in [4.69, 9.17) is 20.1 Å². The zero-order chi connectivity index (χ0) is 15.1. The number of carbonyl (C=O) groups is 2. The van der Waals surface area contributed by atoms with Gasteiger partial charge in [0.2, 0.25) is 0 Å². The molecule has 1 aromatic rings. The van der Waals surface area contributed by atoms with Gasteiger partial charge in [0, 0.05) is 0 Å². The van der Waals surface area contributed by atoms with Crippen molar-refractivity contribution in [3.8, 4) is 11.5 Å². The number of hydrogen-bond donors (Lipinski definition) is 4. The fourth-order valence-corrected chi connectivity index (χ4v) is 1.38. The molecule has 1 aromatic carbocycles. The fraction of sp³-hybridized carbons (Fsp3) is 0.231. The highest BCUT2D eigenvalue weighted by Crippen LogP contribution is 2.25. The van der Waals surface area contributed by atoms with Crippen LogP contribution in [0, 0.1) is 0 Å². The third kappa shape index (κ3) is 4.99. The van der Waals surface area contributed by atoms with E-state index in [0.717, 1.165) is 0 Å². The summed E-state index contributed by atoms with van der Waals surface area (Å²) in [7, 11) is 0. The van der Waals surface area contributed by atoms with Crippen molar-refractivity contribution in [2.75, 3.05) is 6.61 Å². The predicted molar refractivity (Wildman–Crippen MR) is 68.4 cm³/mol. The number of rotatable bonds is 7. The Bertz CT molecular complexity index is 521. The number of hydrogen-bond acceptors (Lipinski definition) is 5. The first-order valence-corrected chi connectivity index (χ1v) is 5.65. The molecule has 1 atom stereocenters. The highest BCUT2D eigenvalue weighted by Gasteiger charge is 2.20. The first-order valence-electron chi connectivity index (χ1n) is 5.65. The lowest BCUT2D eigenvalue weighted by molar-refractivity contribution is -0.156. The van der Waals surface area contributed by atoms with Crippen LogP contribution in [-0.4, -0.2) is 45.1 Å². The summed E-state index contributed by atoms with van der Waals surface area (Å²) in [5.41, 5.74) is 0.578. The van der Waals surface area contributed by atoms with Crippen molar-refractivity contribution in [1.29, 1.82) is 0 Å². The Kier molecular flexibility index (Phi) is 5.55. The minimum absolute atomic E-state index is 0.0914. The molecular weight excluding hydrogens is 268 g/mol. The van der Waals surface area contributed by atoms with E-state index in [1.165, 1.54) is 24.3 Å². The van der Waals surface area contributed by atoms with Crippen LogP contribution in [0.5, 0.6) is 11.5 Å². The lowest BCUT2D eigenvalue weighted by atomic mass is 10.2. The largest absolute Gasteiger partial charge is 0.504 e. The number of phenols is 2. The molecule has 0 aliphatic rings. The van der Waals surface area contributed by atoms with Crippen LogP contribution < -0.4 is 0 Å². The van der Waals surface area contributed by atoms with Gasteiger partial charge in [0.05, 0.1) is 13.0 Å². The molecule has 0 amide bonds. The summed E-state index contributed by atoms with van der Waals surface area (Å²) in [4.78, 5) is 21.1. The average molecular weight is 282 g/mol. The van der Waals surface area contributed by atoms with Crippen LogP contribution in [-0.2, 0) is 14.3 Å². The van der Waals surface area contributed by atoms with Crippen molar-refractivity contribution in [2.45, 2.75) is 12.5 Å². The maximum absolute atomic E-state index is 10.7. The highest BCUT2D eigenvalue weighted by atomic mass is 16.5. The normalized spacial score (nSPS) is 12.4. The molecule has 0 heterocycles. The van der Waals surface area contributed by atoms with Crippen molar-refractivity contribution < 1.29 is 34.8 Å². The number of aromatic hydroxyl groups is 2. The molecular formula is C13H14O7. The van der Waals surface area contributed by atoms with E-state index in [2.05, 4.69) is 0 Å². The highest BCUT2D eigenvalue weighted by molar-refractivity contribution is 5.79. The molecule has 0 saturated carbocycles. The van der Waals surface area contributed by atoms with Crippen LogP contribution in [0.25, 0.3) is 6.08 Å². The molecule has 0 fully saturated rings. The number of carboxylic acid groups (broad SMARTS) is 2. The SMILES string of the molecule is O=C(O)CC(OC/C=C/c1ccc(O)c(O)c1)C(=O)O. The molecule has 0 radical (unpaired) electrons.